The lowest BCUT2D eigenvalue weighted by Crippen LogP contribution is -2.49. The van der Waals surface area contributed by atoms with Crippen molar-refractivity contribution in [3.63, 3.8) is 0 Å². The van der Waals surface area contributed by atoms with Crippen LogP contribution >= 0.6 is 0 Å². The first-order chi connectivity index (χ1) is 9.93. The van der Waals surface area contributed by atoms with Crippen molar-refractivity contribution in [1.82, 2.24) is 15.1 Å². The third-order valence-corrected chi connectivity index (χ3v) is 3.59. The number of nitrogens with zero attached hydrogens (tertiary/aromatic N) is 2. The van der Waals surface area contributed by atoms with Crippen LogP contribution in [0.5, 0.6) is 0 Å². The van der Waals surface area contributed by atoms with E-state index >= 15 is 0 Å². The van der Waals surface area contributed by atoms with Crippen LogP contribution in [0.2, 0.25) is 0 Å². The van der Waals surface area contributed by atoms with Crippen LogP contribution in [0, 0.1) is 5.92 Å². The minimum absolute atomic E-state index is 0.113. The number of carboxylic acid groups (broad SMARTS) is 1. The molecule has 2 amide bonds. The van der Waals surface area contributed by atoms with Gasteiger partial charge in [-0.1, -0.05) is 13.8 Å². The Morgan fingerprint density at radius 3 is 2.48 bits per heavy atom. The smallest absolute Gasteiger partial charge is 0.326 e. The van der Waals surface area contributed by atoms with Crippen LogP contribution < -0.4 is 5.32 Å². The van der Waals surface area contributed by atoms with Crippen LogP contribution in [-0.4, -0.2) is 77.4 Å². The van der Waals surface area contributed by atoms with Gasteiger partial charge in [0.05, 0.1) is 6.61 Å². The molecule has 0 spiro atoms. The van der Waals surface area contributed by atoms with Gasteiger partial charge in [-0.05, 0) is 25.3 Å². The van der Waals surface area contributed by atoms with E-state index in [0.29, 0.717) is 32.6 Å². The molecular formula is C14H27N3O4. The third kappa shape index (κ3) is 6.31. The van der Waals surface area contributed by atoms with Crippen LogP contribution in [0.3, 0.4) is 0 Å². The predicted molar refractivity (Wildman–Crippen MR) is 79.1 cm³/mol. The molecule has 7 heteroatoms. The number of carboxylic acids is 1. The number of rotatable bonds is 6. The van der Waals surface area contributed by atoms with Gasteiger partial charge >= 0.3 is 12.0 Å². The highest BCUT2D eigenvalue weighted by Crippen LogP contribution is 2.07. The SMILES string of the molecule is CC(C)CC(NC(=O)N1CCCN(CCO)CC1)C(=O)O. The van der Waals surface area contributed by atoms with E-state index in [-0.39, 0.29) is 18.6 Å². The van der Waals surface area contributed by atoms with Crippen LogP contribution in [0.25, 0.3) is 0 Å². The molecule has 1 rings (SSSR count). The number of β-amino-alcohol motifs (C(OH)–C–C–N with tert-alkyl or cyclic N) is 1. The number of aliphatic carboxylic acids is 1. The molecule has 1 aliphatic heterocycles. The minimum Gasteiger partial charge on any atom is -0.480 e. The fourth-order valence-corrected chi connectivity index (χ4v) is 2.47. The number of carbonyl (C=O) groups is 2. The van der Waals surface area contributed by atoms with Crippen molar-refractivity contribution < 1.29 is 19.8 Å². The second-order valence-corrected chi connectivity index (χ2v) is 5.88. The highest BCUT2D eigenvalue weighted by atomic mass is 16.4. The van der Waals surface area contributed by atoms with Gasteiger partial charge in [0.25, 0.3) is 0 Å². The molecule has 0 aromatic carbocycles. The number of hydrogen-bond acceptors (Lipinski definition) is 4. The fourth-order valence-electron chi connectivity index (χ4n) is 2.47. The van der Waals surface area contributed by atoms with Gasteiger partial charge in [-0.2, -0.15) is 0 Å². The van der Waals surface area contributed by atoms with Gasteiger partial charge in [0.2, 0.25) is 0 Å². The third-order valence-electron chi connectivity index (χ3n) is 3.59. The average molecular weight is 301 g/mol. The Balaban J connectivity index is 2.51. The highest BCUT2D eigenvalue weighted by Gasteiger charge is 2.25. The molecule has 1 atom stereocenters. The first-order valence-electron chi connectivity index (χ1n) is 7.55. The summed E-state index contributed by atoms with van der Waals surface area (Å²) in [6, 6.07) is -1.15. The van der Waals surface area contributed by atoms with Crippen molar-refractivity contribution >= 4 is 12.0 Å². The Hall–Kier alpha value is -1.34. The van der Waals surface area contributed by atoms with E-state index in [0.717, 1.165) is 13.0 Å². The lowest BCUT2D eigenvalue weighted by Gasteiger charge is -2.24. The van der Waals surface area contributed by atoms with Crippen molar-refractivity contribution in [3.05, 3.63) is 0 Å². The molecule has 1 unspecified atom stereocenters. The van der Waals surface area contributed by atoms with E-state index < -0.39 is 12.0 Å². The first-order valence-corrected chi connectivity index (χ1v) is 7.55. The summed E-state index contributed by atoms with van der Waals surface area (Å²) in [5.74, 6) is -0.788. The van der Waals surface area contributed by atoms with Gasteiger partial charge in [-0.3, -0.25) is 4.90 Å². The molecule has 21 heavy (non-hydrogen) atoms. The summed E-state index contributed by atoms with van der Waals surface area (Å²) >= 11 is 0. The van der Waals surface area contributed by atoms with Crippen LogP contribution in [-0.2, 0) is 4.79 Å². The molecule has 3 N–H and O–H groups in total. The summed E-state index contributed by atoms with van der Waals surface area (Å²) in [5, 5.41) is 20.7. The topological polar surface area (TPSA) is 93.1 Å². The maximum absolute atomic E-state index is 12.2. The van der Waals surface area contributed by atoms with E-state index in [2.05, 4.69) is 10.2 Å². The number of urea groups is 1. The Labute approximate surface area is 125 Å². The van der Waals surface area contributed by atoms with Crippen molar-refractivity contribution in [2.75, 3.05) is 39.3 Å². The predicted octanol–water partition coefficient (Wildman–Crippen LogP) is 0.195. The van der Waals surface area contributed by atoms with Crippen LogP contribution in [0.1, 0.15) is 26.7 Å². The Kier molecular flexibility index (Phi) is 7.45. The monoisotopic (exact) mass is 301 g/mol. The first kappa shape index (κ1) is 17.7. The average Bonchev–Trinajstić information content (AvgIpc) is 2.63. The van der Waals surface area contributed by atoms with Crippen LogP contribution in [0.15, 0.2) is 0 Å². The van der Waals surface area contributed by atoms with Crippen LogP contribution in [0.4, 0.5) is 4.79 Å². The summed E-state index contributed by atoms with van der Waals surface area (Å²) in [4.78, 5) is 27.2. The molecule has 122 valence electrons. The van der Waals surface area contributed by atoms with E-state index in [9.17, 15) is 9.59 Å². The summed E-state index contributed by atoms with van der Waals surface area (Å²) in [6.07, 6.45) is 1.25. The van der Waals surface area contributed by atoms with E-state index in [1.54, 1.807) is 4.90 Å². The summed E-state index contributed by atoms with van der Waals surface area (Å²) < 4.78 is 0. The zero-order valence-corrected chi connectivity index (χ0v) is 12.9. The largest absolute Gasteiger partial charge is 0.480 e. The molecule has 0 aromatic heterocycles. The molecule has 1 fully saturated rings. The van der Waals surface area contributed by atoms with Crippen molar-refractivity contribution in [3.8, 4) is 0 Å². The Morgan fingerprint density at radius 1 is 1.19 bits per heavy atom. The Morgan fingerprint density at radius 2 is 1.90 bits per heavy atom. The van der Waals surface area contributed by atoms with Gasteiger partial charge in [-0.15, -0.1) is 0 Å². The van der Waals surface area contributed by atoms with Gasteiger partial charge in [-0.25, -0.2) is 9.59 Å². The molecule has 0 saturated carbocycles. The number of amides is 2. The molecule has 1 aliphatic rings. The normalized spacial score (nSPS) is 18.4. The zero-order chi connectivity index (χ0) is 15.8. The standard InChI is InChI=1S/C14H27N3O4/c1-11(2)10-12(13(19)20)15-14(21)17-5-3-4-16(6-7-17)8-9-18/h11-12,18H,3-10H2,1-2H3,(H,15,21)(H,19,20). The van der Waals surface area contributed by atoms with Gasteiger partial charge in [0, 0.05) is 26.2 Å². The van der Waals surface area contributed by atoms with Crippen molar-refractivity contribution in [2.45, 2.75) is 32.7 Å². The molecule has 0 radical (unpaired) electrons. The molecule has 1 saturated heterocycles. The molecular weight excluding hydrogens is 274 g/mol. The second kappa shape index (κ2) is 8.84. The second-order valence-electron chi connectivity index (χ2n) is 5.88. The van der Waals surface area contributed by atoms with Gasteiger partial charge in [0.1, 0.15) is 6.04 Å². The molecule has 1 heterocycles. The fraction of sp³-hybridized carbons (Fsp3) is 0.857. The number of aliphatic hydroxyl groups is 1. The molecule has 7 nitrogen and oxygen atoms in total. The quantitative estimate of drug-likeness (QED) is 0.651. The maximum Gasteiger partial charge on any atom is 0.326 e. The van der Waals surface area contributed by atoms with Crippen molar-refractivity contribution in [2.24, 2.45) is 5.92 Å². The summed E-state index contributed by atoms with van der Waals surface area (Å²) in [6.45, 7) is 7.31. The molecule has 0 aliphatic carbocycles. The van der Waals surface area contributed by atoms with Crippen molar-refractivity contribution in [1.29, 1.82) is 0 Å². The number of carbonyl (C=O) groups excluding carboxylic acids is 1. The highest BCUT2D eigenvalue weighted by molar-refractivity contribution is 5.82. The number of hydrogen-bond donors (Lipinski definition) is 3. The number of nitrogens with one attached hydrogen (secondary N) is 1. The lowest BCUT2D eigenvalue weighted by atomic mass is 10.0. The lowest BCUT2D eigenvalue weighted by molar-refractivity contribution is -0.139. The van der Waals surface area contributed by atoms with Gasteiger partial charge < -0.3 is 20.4 Å². The van der Waals surface area contributed by atoms with E-state index in [1.165, 1.54) is 0 Å². The van der Waals surface area contributed by atoms with E-state index in [1.807, 2.05) is 13.8 Å². The molecule has 0 aromatic rings. The minimum atomic E-state index is -0.992. The van der Waals surface area contributed by atoms with Gasteiger partial charge in [0.15, 0.2) is 0 Å². The Bertz CT molecular complexity index is 349. The number of aliphatic hydroxyl groups excluding tert-OH is 1. The van der Waals surface area contributed by atoms with E-state index in [4.69, 9.17) is 10.2 Å². The maximum atomic E-state index is 12.2. The zero-order valence-electron chi connectivity index (χ0n) is 12.9. The summed E-state index contributed by atoms with van der Waals surface area (Å²) in [5.41, 5.74) is 0. The summed E-state index contributed by atoms with van der Waals surface area (Å²) in [7, 11) is 0. The molecule has 0 bridgehead atoms.